The van der Waals surface area contributed by atoms with Gasteiger partial charge in [0.25, 0.3) is 0 Å². The van der Waals surface area contributed by atoms with Crippen LogP contribution in [0.1, 0.15) is 51.2 Å². The number of carboxylic acid groups (broad SMARTS) is 1. The molecule has 2 amide bonds. The van der Waals surface area contributed by atoms with Crippen molar-refractivity contribution in [3.05, 3.63) is 59.7 Å². The summed E-state index contributed by atoms with van der Waals surface area (Å²) in [5.74, 6) is -2.42. The van der Waals surface area contributed by atoms with E-state index in [0.29, 0.717) is 6.42 Å². The van der Waals surface area contributed by atoms with Crippen LogP contribution in [0.2, 0.25) is 0 Å². The van der Waals surface area contributed by atoms with E-state index in [-0.39, 0.29) is 30.9 Å². The van der Waals surface area contributed by atoms with Crippen LogP contribution >= 0.6 is 0 Å². The zero-order chi connectivity index (χ0) is 24.8. The van der Waals surface area contributed by atoms with Gasteiger partial charge in [-0.25, -0.2) is 4.79 Å². The van der Waals surface area contributed by atoms with Crippen molar-refractivity contribution in [2.75, 3.05) is 13.2 Å². The number of alkyl carbamates (subject to hydrolysis) is 1. The Morgan fingerprint density at radius 1 is 0.971 bits per heavy atom. The smallest absolute Gasteiger partial charge is 0.407 e. The van der Waals surface area contributed by atoms with Crippen molar-refractivity contribution in [3.8, 4) is 11.1 Å². The summed E-state index contributed by atoms with van der Waals surface area (Å²) in [4.78, 5) is 37.0. The molecule has 7 heteroatoms. The average molecular weight is 467 g/mol. The minimum Gasteiger partial charge on any atom is -0.481 e. The lowest BCUT2D eigenvalue weighted by Crippen LogP contribution is -2.51. The largest absolute Gasteiger partial charge is 0.481 e. The molecule has 3 unspecified atom stereocenters. The van der Waals surface area contributed by atoms with Crippen LogP contribution in [0, 0.1) is 17.8 Å². The number of hydrogen-bond donors (Lipinski definition) is 3. The zero-order valence-electron chi connectivity index (χ0n) is 20.2. The van der Waals surface area contributed by atoms with E-state index in [1.165, 1.54) is 0 Å². The van der Waals surface area contributed by atoms with E-state index >= 15 is 0 Å². The molecule has 0 aliphatic heterocycles. The molecule has 2 aromatic carbocycles. The molecule has 0 heterocycles. The number of amides is 2. The minimum atomic E-state index is -0.958. The van der Waals surface area contributed by atoms with Gasteiger partial charge in [-0.2, -0.15) is 0 Å². The van der Waals surface area contributed by atoms with E-state index in [1.54, 1.807) is 13.8 Å². The predicted octanol–water partition coefficient (Wildman–Crippen LogP) is 4.41. The van der Waals surface area contributed by atoms with Crippen molar-refractivity contribution in [2.24, 2.45) is 17.8 Å². The van der Waals surface area contributed by atoms with Gasteiger partial charge in [-0.1, -0.05) is 82.6 Å². The Bertz CT molecular complexity index is 990. The highest BCUT2D eigenvalue weighted by Gasteiger charge is 2.31. The summed E-state index contributed by atoms with van der Waals surface area (Å²) >= 11 is 0. The first-order valence-electron chi connectivity index (χ1n) is 11.9. The van der Waals surface area contributed by atoms with E-state index in [2.05, 4.69) is 22.8 Å². The quantitative estimate of drug-likeness (QED) is 0.481. The number of nitrogens with one attached hydrogen (secondary N) is 2. The summed E-state index contributed by atoms with van der Waals surface area (Å²) in [7, 11) is 0. The van der Waals surface area contributed by atoms with Crippen LogP contribution in [0.25, 0.3) is 11.1 Å². The van der Waals surface area contributed by atoms with Crippen LogP contribution in [0.4, 0.5) is 4.79 Å². The third-order valence-corrected chi connectivity index (χ3v) is 6.73. The number of ether oxygens (including phenoxy) is 1. The van der Waals surface area contributed by atoms with Gasteiger partial charge in [0.2, 0.25) is 5.91 Å². The normalized spacial score (nSPS) is 15.1. The molecule has 0 fully saturated rings. The summed E-state index contributed by atoms with van der Waals surface area (Å²) in [6.07, 6.45) is -0.00479. The molecule has 3 atom stereocenters. The van der Waals surface area contributed by atoms with Crippen LogP contribution in [-0.4, -0.2) is 42.3 Å². The lowest BCUT2D eigenvalue weighted by molar-refractivity contribution is -0.143. The van der Waals surface area contributed by atoms with Crippen molar-refractivity contribution < 1.29 is 24.2 Å². The van der Waals surface area contributed by atoms with E-state index in [0.717, 1.165) is 22.3 Å². The lowest BCUT2D eigenvalue weighted by atomic mass is 9.95. The molecule has 3 N–H and O–H groups in total. The monoisotopic (exact) mass is 466 g/mol. The number of aliphatic carboxylic acids is 1. The Morgan fingerprint density at radius 3 is 2.03 bits per heavy atom. The fraction of sp³-hybridized carbons (Fsp3) is 0.444. The second-order valence-electron chi connectivity index (χ2n) is 9.27. The van der Waals surface area contributed by atoms with Crippen LogP contribution in [0.3, 0.4) is 0 Å². The molecule has 0 aromatic heterocycles. The zero-order valence-corrected chi connectivity index (χ0v) is 20.2. The van der Waals surface area contributed by atoms with Gasteiger partial charge in [-0.3, -0.25) is 9.59 Å². The molecule has 1 aliphatic carbocycles. The van der Waals surface area contributed by atoms with Crippen molar-refractivity contribution in [1.29, 1.82) is 0 Å². The van der Waals surface area contributed by atoms with Gasteiger partial charge in [0.05, 0.1) is 5.92 Å². The second kappa shape index (κ2) is 11.2. The van der Waals surface area contributed by atoms with Crippen molar-refractivity contribution in [3.63, 3.8) is 0 Å². The Kier molecular flexibility index (Phi) is 8.31. The molecule has 34 heavy (non-hydrogen) atoms. The maximum absolute atomic E-state index is 12.8. The molecule has 0 bridgehead atoms. The lowest BCUT2D eigenvalue weighted by Gasteiger charge is -2.25. The van der Waals surface area contributed by atoms with Gasteiger partial charge in [-0.05, 0) is 34.1 Å². The Labute approximate surface area is 200 Å². The third-order valence-electron chi connectivity index (χ3n) is 6.73. The molecule has 7 nitrogen and oxygen atoms in total. The molecule has 0 radical (unpaired) electrons. The average Bonchev–Trinajstić information content (AvgIpc) is 3.14. The first-order chi connectivity index (χ1) is 16.2. The molecule has 182 valence electrons. The fourth-order valence-electron chi connectivity index (χ4n) is 4.40. The number of fused-ring (bicyclic) bond motifs is 3. The standard InChI is InChI=1S/C27H34N2O5/c1-5-17(4)24(25(30)28-14-22(16(2)3)26(31)32)29-27(33)34-15-23-20-12-8-6-10-18(20)19-11-7-9-13-21(19)23/h6-13,16-17,22-24H,5,14-15H2,1-4H3,(H,28,30)(H,29,33)(H,31,32). The first-order valence-corrected chi connectivity index (χ1v) is 11.9. The third kappa shape index (κ3) is 5.58. The number of carbonyl (C=O) groups is 3. The maximum atomic E-state index is 12.8. The summed E-state index contributed by atoms with van der Waals surface area (Å²) in [6, 6.07) is 15.4. The number of rotatable bonds is 10. The molecular formula is C27H34N2O5. The van der Waals surface area contributed by atoms with Gasteiger partial charge >= 0.3 is 12.1 Å². The topological polar surface area (TPSA) is 105 Å². The van der Waals surface area contributed by atoms with Gasteiger partial charge in [-0.15, -0.1) is 0 Å². The highest BCUT2D eigenvalue weighted by Crippen LogP contribution is 2.44. The SMILES string of the molecule is CCC(C)C(NC(=O)OCC1c2ccccc2-c2ccccc21)C(=O)NCC(C(=O)O)C(C)C. The van der Waals surface area contributed by atoms with E-state index in [9.17, 15) is 19.5 Å². The highest BCUT2D eigenvalue weighted by atomic mass is 16.5. The van der Waals surface area contributed by atoms with Crippen molar-refractivity contribution >= 4 is 18.0 Å². The fourth-order valence-corrected chi connectivity index (χ4v) is 4.40. The number of hydrogen-bond acceptors (Lipinski definition) is 4. The Morgan fingerprint density at radius 2 is 1.53 bits per heavy atom. The summed E-state index contributed by atoms with van der Waals surface area (Å²) in [5.41, 5.74) is 4.51. The summed E-state index contributed by atoms with van der Waals surface area (Å²) in [5, 5.41) is 14.8. The van der Waals surface area contributed by atoms with Crippen molar-refractivity contribution in [1.82, 2.24) is 10.6 Å². The van der Waals surface area contributed by atoms with Crippen LogP contribution in [0.15, 0.2) is 48.5 Å². The number of carboxylic acids is 1. The minimum absolute atomic E-state index is 0.00510. The molecule has 0 saturated heterocycles. The number of carbonyl (C=O) groups excluding carboxylic acids is 2. The molecule has 3 rings (SSSR count). The second-order valence-corrected chi connectivity index (χ2v) is 9.27. The van der Waals surface area contributed by atoms with Crippen LogP contribution < -0.4 is 10.6 Å². The van der Waals surface area contributed by atoms with Gasteiger partial charge < -0.3 is 20.5 Å². The van der Waals surface area contributed by atoms with Gasteiger partial charge in [0, 0.05) is 12.5 Å². The Hall–Kier alpha value is -3.35. The Balaban J connectivity index is 1.64. The summed E-state index contributed by atoms with van der Waals surface area (Å²) < 4.78 is 5.59. The highest BCUT2D eigenvalue weighted by molar-refractivity contribution is 5.86. The van der Waals surface area contributed by atoms with E-state index in [1.807, 2.05) is 50.2 Å². The van der Waals surface area contributed by atoms with E-state index < -0.39 is 29.9 Å². The van der Waals surface area contributed by atoms with Gasteiger partial charge in [0.15, 0.2) is 0 Å². The first kappa shape index (κ1) is 25.3. The molecule has 1 aliphatic rings. The van der Waals surface area contributed by atoms with Crippen molar-refractivity contribution in [2.45, 2.75) is 46.1 Å². The molecule has 0 spiro atoms. The van der Waals surface area contributed by atoms with Crippen LogP contribution in [-0.2, 0) is 14.3 Å². The number of benzene rings is 2. The summed E-state index contributed by atoms with van der Waals surface area (Å²) in [6.45, 7) is 7.55. The molecular weight excluding hydrogens is 432 g/mol. The predicted molar refractivity (Wildman–Crippen MR) is 130 cm³/mol. The maximum Gasteiger partial charge on any atom is 0.407 e. The van der Waals surface area contributed by atoms with Crippen LogP contribution in [0.5, 0.6) is 0 Å². The van der Waals surface area contributed by atoms with E-state index in [4.69, 9.17) is 4.74 Å². The van der Waals surface area contributed by atoms with Gasteiger partial charge in [0.1, 0.15) is 12.6 Å². The molecule has 0 saturated carbocycles. The molecule has 2 aromatic rings.